The standard InChI is InChI=1S/C6H7O2/c1-7-5-6-3-2-4-8-6/h2-5H,1H3. The van der Waals surface area contributed by atoms with Crippen LogP contribution in [0.25, 0.3) is 0 Å². The Morgan fingerprint density at radius 1 is 1.75 bits per heavy atom. The second kappa shape index (κ2) is 2.52. The number of hydrogen-bond acceptors (Lipinski definition) is 2. The summed E-state index contributed by atoms with van der Waals surface area (Å²) in [5.74, 6) is 0.743. The number of furan rings is 1. The zero-order valence-corrected chi connectivity index (χ0v) is 4.63. The van der Waals surface area contributed by atoms with Crippen molar-refractivity contribution in [3.05, 3.63) is 30.8 Å². The monoisotopic (exact) mass is 111 g/mol. The topological polar surface area (TPSA) is 22.4 Å². The van der Waals surface area contributed by atoms with Crippen LogP contribution >= 0.6 is 0 Å². The van der Waals surface area contributed by atoms with E-state index in [4.69, 9.17) is 4.42 Å². The third kappa shape index (κ3) is 1.10. The highest BCUT2D eigenvalue weighted by molar-refractivity contribution is 5.04. The minimum absolute atomic E-state index is 0.743. The van der Waals surface area contributed by atoms with Crippen LogP contribution in [0.15, 0.2) is 22.8 Å². The molecule has 1 heterocycles. The Balaban J connectivity index is 2.50. The Hall–Kier alpha value is -0.760. The SMILES string of the molecule is CO[CH]c1ccco1. The van der Waals surface area contributed by atoms with Crippen molar-refractivity contribution in [2.45, 2.75) is 0 Å². The fourth-order valence-electron chi connectivity index (χ4n) is 0.474. The van der Waals surface area contributed by atoms with E-state index >= 15 is 0 Å². The first-order valence-electron chi connectivity index (χ1n) is 2.33. The molecular weight excluding hydrogens is 104 g/mol. The maximum Gasteiger partial charge on any atom is 0.148 e. The molecule has 1 radical (unpaired) electrons. The van der Waals surface area contributed by atoms with Crippen molar-refractivity contribution in [3.8, 4) is 0 Å². The van der Waals surface area contributed by atoms with Gasteiger partial charge in [0.15, 0.2) is 0 Å². The summed E-state index contributed by atoms with van der Waals surface area (Å²) in [5, 5.41) is 0. The summed E-state index contributed by atoms with van der Waals surface area (Å²) in [6, 6.07) is 3.63. The van der Waals surface area contributed by atoms with Crippen molar-refractivity contribution in [3.63, 3.8) is 0 Å². The van der Waals surface area contributed by atoms with Crippen molar-refractivity contribution in [1.82, 2.24) is 0 Å². The van der Waals surface area contributed by atoms with Crippen LogP contribution in [0.3, 0.4) is 0 Å². The minimum atomic E-state index is 0.743. The number of ether oxygens (including phenoxy) is 1. The van der Waals surface area contributed by atoms with Gasteiger partial charge in [-0.1, -0.05) is 0 Å². The van der Waals surface area contributed by atoms with E-state index < -0.39 is 0 Å². The fraction of sp³-hybridized carbons (Fsp3) is 0.167. The van der Waals surface area contributed by atoms with Crippen molar-refractivity contribution in [2.24, 2.45) is 0 Å². The Kier molecular flexibility index (Phi) is 1.70. The summed E-state index contributed by atoms with van der Waals surface area (Å²) in [6.45, 7) is 1.54. The Labute approximate surface area is 48.1 Å². The number of rotatable bonds is 2. The highest BCUT2D eigenvalue weighted by Crippen LogP contribution is 2.01. The van der Waals surface area contributed by atoms with Crippen LogP contribution in [-0.4, -0.2) is 7.11 Å². The van der Waals surface area contributed by atoms with E-state index in [0.717, 1.165) is 5.76 Å². The lowest BCUT2D eigenvalue weighted by atomic mass is 10.5. The van der Waals surface area contributed by atoms with Gasteiger partial charge in [-0.05, 0) is 12.1 Å². The molecule has 0 aliphatic heterocycles. The maximum atomic E-state index is 4.89. The molecular formula is C6H7O2. The largest absolute Gasteiger partial charge is 0.466 e. The summed E-state index contributed by atoms with van der Waals surface area (Å²) in [5.41, 5.74) is 0. The van der Waals surface area contributed by atoms with Crippen LogP contribution in [0.1, 0.15) is 5.76 Å². The lowest BCUT2D eigenvalue weighted by Crippen LogP contribution is -1.77. The van der Waals surface area contributed by atoms with Crippen LogP contribution in [0.2, 0.25) is 0 Å². The van der Waals surface area contributed by atoms with E-state index in [2.05, 4.69) is 4.74 Å². The Morgan fingerprint density at radius 3 is 3.12 bits per heavy atom. The maximum absolute atomic E-state index is 4.89. The highest BCUT2D eigenvalue weighted by atomic mass is 16.5. The second-order valence-corrected chi connectivity index (χ2v) is 1.37. The number of methoxy groups -OCH3 is 1. The first-order valence-corrected chi connectivity index (χ1v) is 2.33. The molecule has 0 aliphatic rings. The van der Waals surface area contributed by atoms with Crippen LogP contribution in [-0.2, 0) is 4.74 Å². The van der Waals surface area contributed by atoms with Crippen LogP contribution in [0.5, 0.6) is 0 Å². The van der Waals surface area contributed by atoms with E-state index in [1.54, 1.807) is 20.0 Å². The summed E-state index contributed by atoms with van der Waals surface area (Å²) >= 11 is 0. The van der Waals surface area contributed by atoms with Gasteiger partial charge in [0.25, 0.3) is 0 Å². The molecule has 1 aromatic heterocycles. The third-order valence-electron chi connectivity index (χ3n) is 0.777. The van der Waals surface area contributed by atoms with E-state index in [-0.39, 0.29) is 0 Å². The van der Waals surface area contributed by atoms with Gasteiger partial charge in [0.1, 0.15) is 12.4 Å². The molecule has 0 fully saturated rings. The molecule has 0 saturated carbocycles. The molecule has 2 heteroatoms. The molecule has 8 heavy (non-hydrogen) atoms. The summed E-state index contributed by atoms with van der Waals surface area (Å²) in [6.07, 6.45) is 1.60. The zero-order chi connectivity index (χ0) is 5.82. The summed E-state index contributed by atoms with van der Waals surface area (Å²) in [4.78, 5) is 0. The molecule has 0 aromatic carbocycles. The van der Waals surface area contributed by atoms with Crippen molar-refractivity contribution < 1.29 is 9.15 Å². The first-order chi connectivity index (χ1) is 3.93. The van der Waals surface area contributed by atoms with E-state index in [0.29, 0.717) is 0 Å². The van der Waals surface area contributed by atoms with Crippen molar-refractivity contribution in [1.29, 1.82) is 0 Å². The number of hydrogen-bond donors (Lipinski definition) is 0. The molecule has 0 aliphatic carbocycles. The molecule has 0 saturated heterocycles. The lowest BCUT2D eigenvalue weighted by Gasteiger charge is -1.87. The van der Waals surface area contributed by atoms with Gasteiger partial charge >= 0.3 is 0 Å². The van der Waals surface area contributed by atoms with Crippen LogP contribution < -0.4 is 0 Å². The highest BCUT2D eigenvalue weighted by Gasteiger charge is 1.90. The van der Waals surface area contributed by atoms with Crippen molar-refractivity contribution >= 4 is 0 Å². The van der Waals surface area contributed by atoms with Gasteiger partial charge in [-0.2, -0.15) is 0 Å². The molecule has 0 N–H and O–H groups in total. The minimum Gasteiger partial charge on any atom is -0.466 e. The molecule has 0 unspecified atom stereocenters. The molecule has 0 amide bonds. The average Bonchev–Trinajstić information content (AvgIpc) is 2.19. The van der Waals surface area contributed by atoms with Gasteiger partial charge in [-0.3, -0.25) is 0 Å². The van der Waals surface area contributed by atoms with E-state index in [9.17, 15) is 0 Å². The molecule has 43 valence electrons. The third-order valence-corrected chi connectivity index (χ3v) is 0.777. The Morgan fingerprint density at radius 2 is 2.62 bits per heavy atom. The van der Waals surface area contributed by atoms with Gasteiger partial charge < -0.3 is 9.15 Å². The van der Waals surface area contributed by atoms with Gasteiger partial charge in [-0.25, -0.2) is 0 Å². The molecule has 2 nitrogen and oxygen atoms in total. The quantitative estimate of drug-likeness (QED) is 0.576. The average molecular weight is 111 g/mol. The van der Waals surface area contributed by atoms with Crippen molar-refractivity contribution in [2.75, 3.05) is 7.11 Å². The zero-order valence-electron chi connectivity index (χ0n) is 4.63. The molecule has 1 aromatic rings. The van der Waals surface area contributed by atoms with Gasteiger partial charge in [0, 0.05) is 7.11 Å². The fourth-order valence-corrected chi connectivity index (χ4v) is 0.474. The Bertz CT molecular complexity index is 132. The van der Waals surface area contributed by atoms with Gasteiger partial charge in [0.05, 0.1) is 6.26 Å². The molecule has 0 spiro atoms. The second-order valence-electron chi connectivity index (χ2n) is 1.37. The summed E-state index contributed by atoms with van der Waals surface area (Å²) < 4.78 is 9.56. The van der Waals surface area contributed by atoms with Gasteiger partial charge in [-0.15, -0.1) is 0 Å². The predicted octanol–water partition coefficient (Wildman–Crippen LogP) is 1.44. The van der Waals surface area contributed by atoms with E-state index in [1.807, 2.05) is 12.1 Å². The lowest BCUT2D eigenvalue weighted by molar-refractivity contribution is 0.273. The van der Waals surface area contributed by atoms with E-state index in [1.165, 1.54) is 0 Å². The van der Waals surface area contributed by atoms with Gasteiger partial charge in [0.2, 0.25) is 0 Å². The molecule has 1 rings (SSSR count). The normalized spacial score (nSPS) is 9.62. The van der Waals surface area contributed by atoms with Crippen LogP contribution in [0.4, 0.5) is 0 Å². The molecule has 0 bridgehead atoms. The summed E-state index contributed by atoms with van der Waals surface area (Å²) in [7, 11) is 1.59. The molecule has 0 atom stereocenters. The smallest absolute Gasteiger partial charge is 0.148 e. The predicted molar refractivity (Wildman–Crippen MR) is 29.1 cm³/mol. The first kappa shape index (κ1) is 5.38. The van der Waals surface area contributed by atoms with Crippen LogP contribution in [0, 0.1) is 6.61 Å².